The van der Waals surface area contributed by atoms with Gasteiger partial charge in [-0.15, -0.1) is 13.2 Å². The van der Waals surface area contributed by atoms with Gasteiger partial charge in [0, 0.05) is 41.8 Å². The number of guanidine groups is 1. The third-order valence-electron chi connectivity index (χ3n) is 7.83. The number of nitrogens with zero attached hydrogens (tertiary/aromatic N) is 3. The first-order valence-electron chi connectivity index (χ1n) is 14.7. The molecule has 0 unspecified atom stereocenters. The van der Waals surface area contributed by atoms with Crippen LogP contribution in [0.4, 0.5) is 17.6 Å². The number of nitrogens with two attached hydrogens (primary N) is 3. The molecule has 5 rings (SSSR count). The van der Waals surface area contributed by atoms with Crippen molar-refractivity contribution in [3.8, 4) is 22.7 Å². The van der Waals surface area contributed by atoms with Crippen LogP contribution in [0.15, 0.2) is 58.4 Å². The van der Waals surface area contributed by atoms with E-state index in [0.29, 0.717) is 48.5 Å². The van der Waals surface area contributed by atoms with E-state index >= 15 is 4.39 Å². The maximum Gasteiger partial charge on any atom is 0.573 e. The van der Waals surface area contributed by atoms with Crippen molar-refractivity contribution in [2.75, 3.05) is 6.54 Å². The van der Waals surface area contributed by atoms with Crippen LogP contribution in [0.2, 0.25) is 0 Å². The number of hydrogen-bond acceptors (Lipinski definition) is 6. The largest absolute Gasteiger partial charge is 0.573 e. The number of ether oxygens (including phenoxy) is 1. The molecule has 0 saturated carbocycles. The SMILES string of the molecule is C[C@H](N)CCCc1cc(OC(F)(F)F)c(F)c(-c2cc3cn(-c4ccc([C@H]5CC[C@H](CCN=C(N)N)N5)cc4)c(=O)nc3[nH]2)c1. The van der Waals surface area contributed by atoms with E-state index < -0.39 is 23.6 Å². The summed E-state index contributed by atoms with van der Waals surface area (Å²) in [6.07, 6.45) is 0.856. The molecule has 14 heteroatoms. The second-order valence-corrected chi connectivity index (χ2v) is 11.4. The van der Waals surface area contributed by atoms with Crippen LogP contribution in [-0.4, -0.2) is 45.5 Å². The topological polar surface area (TPSA) is 162 Å². The minimum atomic E-state index is -5.08. The molecule has 3 atom stereocenters. The lowest BCUT2D eigenvalue weighted by atomic mass is 10.0. The Kier molecular flexibility index (Phi) is 9.44. The van der Waals surface area contributed by atoms with Gasteiger partial charge in [0.25, 0.3) is 0 Å². The van der Waals surface area contributed by atoms with Gasteiger partial charge in [-0.05, 0) is 86.9 Å². The second kappa shape index (κ2) is 13.3. The standard InChI is InChI=1S/C31H36F4N8O2/c1-17(36)3-2-4-18-13-23(27(32)26(14-18)45-31(33,34)35)25-15-20-16-43(30(44)42-28(20)41-25)22-8-5-19(6-9-22)24-10-7-21(40-24)11-12-39-29(37)38/h5-6,8-9,13-17,21,24,40H,2-4,7,10-12,36H2,1H3,(H4,37,38,39)(H,41,42,44)/t17-,21+,24+/m0/s1. The summed E-state index contributed by atoms with van der Waals surface area (Å²) in [5, 5.41) is 4.06. The van der Waals surface area contributed by atoms with Crippen molar-refractivity contribution in [3.63, 3.8) is 0 Å². The van der Waals surface area contributed by atoms with Gasteiger partial charge in [0.05, 0.1) is 11.4 Å². The van der Waals surface area contributed by atoms with Crippen LogP contribution < -0.4 is 32.9 Å². The Bertz CT molecular complexity index is 1730. The molecular formula is C31H36F4N8O2. The molecule has 0 radical (unpaired) electrons. The number of H-pyrrole nitrogens is 1. The maximum atomic E-state index is 15.4. The fourth-order valence-electron chi connectivity index (χ4n) is 5.67. The first kappa shape index (κ1) is 32.0. The Labute approximate surface area is 256 Å². The lowest BCUT2D eigenvalue weighted by Crippen LogP contribution is -2.27. The third kappa shape index (κ3) is 8.00. The Morgan fingerprint density at radius 3 is 2.62 bits per heavy atom. The zero-order valence-electron chi connectivity index (χ0n) is 24.7. The van der Waals surface area contributed by atoms with Crippen molar-refractivity contribution in [1.82, 2.24) is 19.9 Å². The third-order valence-corrected chi connectivity index (χ3v) is 7.83. The monoisotopic (exact) mass is 628 g/mol. The average molecular weight is 629 g/mol. The number of nitrogens with one attached hydrogen (secondary N) is 2. The summed E-state index contributed by atoms with van der Waals surface area (Å²) in [6, 6.07) is 12.0. The fraction of sp³-hybridized carbons (Fsp3) is 0.387. The highest BCUT2D eigenvalue weighted by Crippen LogP contribution is 2.35. The molecule has 0 bridgehead atoms. The summed E-state index contributed by atoms with van der Waals surface area (Å²) in [5.74, 6) is -2.03. The Morgan fingerprint density at radius 2 is 1.93 bits per heavy atom. The van der Waals surface area contributed by atoms with Gasteiger partial charge in [-0.3, -0.25) is 9.56 Å². The van der Waals surface area contributed by atoms with Crippen molar-refractivity contribution < 1.29 is 22.3 Å². The number of aromatic nitrogens is 3. The van der Waals surface area contributed by atoms with Crippen LogP contribution in [0.3, 0.4) is 0 Å². The number of alkyl halides is 3. The minimum absolute atomic E-state index is 0.0775. The molecule has 0 aliphatic carbocycles. The number of rotatable bonds is 11. The second-order valence-electron chi connectivity index (χ2n) is 11.4. The molecule has 0 amide bonds. The molecule has 2 aromatic heterocycles. The summed E-state index contributed by atoms with van der Waals surface area (Å²) in [6.45, 7) is 2.39. The number of aliphatic imine (C=N–C) groups is 1. The average Bonchev–Trinajstić information content (AvgIpc) is 3.60. The zero-order valence-corrected chi connectivity index (χ0v) is 24.7. The molecule has 10 nitrogen and oxygen atoms in total. The summed E-state index contributed by atoms with van der Waals surface area (Å²) in [7, 11) is 0. The van der Waals surface area contributed by atoms with Crippen LogP contribution in [0.1, 0.15) is 56.2 Å². The summed E-state index contributed by atoms with van der Waals surface area (Å²) >= 11 is 0. The van der Waals surface area contributed by atoms with E-state index in [0.717, 1.165) is 30.9 Å². The first-order chi connectivity index (χ1) is 21.4. The van der Waals surface area contributed by atoms with E-state index in [2.05, 4.69) is 25.0 Å². The molecule has 8 N–H and O–H groups in total. The van der Waals surface area contributed by atoms with Crippen molar-refractivity contribution in [2.24, 2.45) is 22.2 Å². The molecule has 240 valence electrons. The van der Waals surface area contributed by atoms with Gasteiger partial charge >= 0.3 is 12.1 Å². The predicted molar refractivity (Wildman–Crippen MR) is 165 cm³/mol. The zero-order chi connectivity index (χ0) is 32.3. The number of benzene rings is 2. The van der Waals surface area contributed by atoms with Crippen LogP contribution in [-0.2, 0) is 6.42 Å². The smallest absolute Gasteiger partial charge is 0.403 e. The van der Waals surface area contributed by atoms with Gasteiger partial charge in [-0.2, -0.15) is 4.98 Å². The molecule has 1 aliphatic heterocycles. The maximum absolute atomic E-state index is 15.4. The van der Waals surface area contributed by atoms with Crippen molar-refractivity contribution in [1.29, 1.82) is 0 Å². The highest BCUT2D eigenvalue weighted by atomic mass is 19.4. The fourth-order valence-corrected chi connectivity index (χ4v) is 5.67. The normalized spacial score (nSPS) is 17.5. The first-order valence-corrected chi connectivity index (χ1v) is 14.7. The van der Waals surface area contributed by atoms with Crippen LogP contribution >= 0.6 is 0 Å². The van der Waals surface area contributed by atoms with Crippen molar-refractivity contribution in [3.05, 3.63) is 76.1 Å². The van der Waals surface area contributed by atoms with Gasteiger partial charge in [0.1, 0.15) is 5.65 Å². The number of hydrogen-bond donors (Lipinski definition) is 5. The van der Waals surface area contributed by atoms with E-state index in [4.69, 9.17) is 17.2 Å². The van der Waals surface area contributed by atoms with E-state index in [1.807, 2.05) is 31.2 Å². The van der Waals surface area contributed by atoms with Gasteiger partial charge in [0.2, 0.25) is 0 Å². The van der Waals surface area contributed by atoms with Crippen LogP contribution in [0.25, 0.3) is 28.0 Å². The van der Waals surface area contributed by atoms with Crippen LogP contribution in [0.5, 0.6) is 5.75 Å². The van der Waals surface area contributed by atoms with Crippen molar-refractivity contribution in [2.45, 2.75) is 69.9 Å². The number of halogens is 4. The summed E-state index contributed by atoms with van der Waals surface area (Å²) < 4.78 is 60.0. The number of aromatic amines is 1. The highest BCUT2D eigenvalue weighted by molar-refractivity contribution is 5.83. The summed E-state index contributed by atoms with van der Waals surface area (Å²) in [5.41, 5.74) is 18.3. The van der Waals surface area contributed by atoms with E-state index in [1.54, 1.807) is 12.3 Å². The molecular weight excluding hydrogens is 592 g/mol. The highest BCUT2D eigenvalue weighted by Gasteiger charge is 2.33. The molecule has 2 aromatic carbocycles. The van der Waals surface area contributed by atoms with E-state index in [9.17, 15) is 18.0 Å². The Balaban J connectivity index is 1.39. The molecule has 1 aliphatic rings. The number of aryl methyl sites for hydroxylation is 1. The van der Waals surface area contributed by atoms with E-state index in [-0.39, 0.29) is 34.9 Å². The Hall–Kier alpha value is -4.43. The summed E-state index contributed by atoms with van der Waals surface area (Å²) in [4.78, 5) is 24.0. The molecule has 45 heavy (non-hydrogen) atoms. The molecule has 1 saturated heterocycles. The lowest BCUT2D eigenvalue weighted by Gasteiger charge is -2.15. The quantitative estimate of drug-likeness (QED) is 0.0925. The van der Waals surface area contributed by atoms with Crippen molar-refractivity contribution >= 4 is 17.0 Å². The van der Waals surface area contributed by atoms with Gasteiger partial charge in [-0.1, -0.05) is 12.1 Å². The number of fused-ring (bicyclic) bond motifs is 1. The Morgan fingerprint density at radius 1 is 1.18 bits per heavy atom. The van der Waals surface area contributed by atoms with Gasteiger partial charge in [-0.25, -0.2) is 9.18 Å². The lowest BCUT2D eigenvalue weighted by molar-refractivity contribution is -0.275. The van der Waals surface area contributed by atoms with Crippen LogP contribution in [0, 0.1) is 5.82 Å². The molecule has 3 heterocycles. The van der Waals surface area contributed by atoms with Gasteiger partial charge in [0.15, 0.2) is 17.5 Å². The molecule has 4 aromatic rings. The molecule has 0 spiro atoms. The van der Waals surface area contributed by atoms with Gasteiger partial charge < -0.3 is 32.2 Å². The predicted octanol–water partition coefficient (Wildman–Crippen LogP) is 4.55. The van der Waals surface area contributed by atoms with E-state index in [1.165, 1.54) is 10.6 Å². The molecule has 1 fully saturated rings. The minimum Gasteiger partial charge on any atom is -0.403 e.